The van der Waals surface area contributed by atoms with Gasteiger partial charge in [0.2, 0.25) is 0 Å². The van der Waals surface area contributed by atoms with E-state index in [9.17, 15) is 12.8 Å². The fraction of sp³-hybridized carbons (Fsp3) is 0.355. The summed E-state index contributed by atoms with van der Waals surface area (Å²) in [5, 5.41) is 0.861. The second-order valence-corrected chi connectivity index (χ2v) is 12.6. The molecule has 0 bridgehead atoms. The maximum absolute atomic E-state index is 15.7. The van der Waals surface area contributed by atoms with Crippen molar-refractivity contribution in [3.63, 3.8) is 0 Å². The summed E-state index contributed by atoms with van der Waals surface area (Å²) in [6.07, 6.45) is 0.537. The van der Waals surface area contributed by atoms with Crippen LogP contribution in [0.15, 0.2) is 70.0 Å². The summed E-state index contributed by atoms with van der Waals surface area (Å²) >= 11 is 0. The first-order chi connectivity index (χ1) is 19.3. The number of furan rings is 1. The normalized spacial score (nSPS) is 18.0. The molecule has 4 aromatic rings. The van der Waals surface area contributed by atoms with Crippen molar-refractivity contribution < 1.29 is 34.9 Å². The SMILES string of the molecule is Cc1ccc(S(=O)(=O)OCCOc2cc(F)c(C3c4oc5ccccc5c4CC(C)N3CC(C)(C)F)c(F)c2)cc1. The Kier molecular flexibility index (Phi) is 7.93. The number of benzene rings is 3. The Morgan fingerprint density at radius 1 is 1.02 bits per heavy atom. The first kappa shape index (κ1) is 29.2. The topological polar surface area (TPSA) is 69.0 Å². The molecule has 0 radical (unpaired) electrons. The smallest absolute Gasteiger partial charge is 0.297 e. The molecule has 1 aliphatic heterocycles. The molecular formula is C31H32F3NO5S. The first-order valence-electron chi connectivity index (χ1n) is 13.4. The minimum Gasteiger partial charge on any atom is -0.491 e. The molecule has 0 aliphatic carbocycles. The van der Waals surface area contributed by atoms with E-state index < -0.39 is 33.5 Å². The number of rotatable bonds is 9. The van der Waals surface area contributed by atoms with Gasteiger partial charge in [0.15, 0.2) is 0 Å². The van der Waals surface area contributed by atoms with E-state index >= 15 is 8.78 Å². The molecule has 2 atom stereocenters. The van der Waals surface area contributed by atoms with E-state index in [4.69, 9.17) is 13.3 Å². The molecule has 0 amide bonds. The molecule has 2 unspecified atom stereocenters. The third-order valence-electron chi connectivity index (χ3n) is 7.16. The van der Waals surface area contributed by atoms with Crippen LogP contribution in [0.3, 0.4) is 0 Å². The van der Waals surface area contributed by atoms with Crippen LogP contribution in [0.2, 0.25) is 0 Å². The molecule has 41 heavy (non-hydrogen) atoms. The van der Waals surface area contributed by atoms with Gasteiger partial charge in [-0.1, -0.05) is 35.9 Å². The van der Waals surface area contributed by atoms with Crippen molar-refractivity contribution >= 4 is 21.1 Å². The molecule has 2 heterocycles. The Bertz CT molecular complexity index is 1640. The molecule has 10 heteroatoms. The fourth-order valence-electron chi connectivity index (χ4n) is 5.33. The van der Waals surface area contributed by atoms with Gasteiger partial charge in [0.1, 0.15) is 53.7 Å². The van der Waals surface area contributed by atoms with Crippen LogP contribution < -0.4 is 4.74 Å². The van der Waals surface area contributed by atoms with Gasteiger partial charge in [0, 0.05) is 41.2 Å². The number of aryl methyl sites for hydroxylation is 1. The summed E-state index contributed by atoms with van der Waals surface area (Å²) < 4.78 is 87.7. The molecular weight excluding hydrogens is 555 g/mol. The highest BCUT2D eigenvalue weighted by Crippen LogP contribution is 2.45. The van der Waals surface area contributed by atoms with Gasteiger partial charge >= 0.3 is 0 Å². The summed E-state index contributed by atoms with van der Waals surface area (Å²) in [5.74, 6) is -1.53. The first-order valence-corrected chi connectivity index (χ1v) is 14.8. The largest absolute Gasteiger partial charge is 0.491 e. The number of alkyl halides is 1. The lowest BCUT2D eigenvalue weighted by molar-refractivity contribution is 0.0572. The Balaban J connectivity index is 1.40. The van der Waals surface area contributed by atoms with Gasteiger partial charge in [-0.25, -0.2) is 13.2 Å². The van der Waals surface area contributed by atoms with E-state index in [2.05, 4.69) is 0 Å². The molecule has 1 aromatic heterocycles. The lowest BCUT2D eigenvalue weighted by Gasteiger charge is -2.42. The van der Waals surface area contributed by atoms with Crippen molar-refractivity contribution in [2.45, 2.75) is 56.8 Å². The summed E-state index contributed by atoms with van der Waals surface area (Å²) in [7, 11) is -4.01. The van der Waals surface area contributed by atoms with Crippen molar-refractivity contribution in [2.24, 2.45) is 0 Å². The third kappa shape index (κ3) is 6.14. The highest BCUT2D eigenvalue weighted by molar-refractivity contribution is 7.86. The Labute approximate surface area is 237 Å². The molecule has 0 saturated carbocycles. The van der Waals surface area contributed by atoms with Crippen LogP contribution in [0.4, 0.5) is 13.2 Å². The lowest BCUT2D eigenvalue weighted by Crippen LogP contribution is -2.48. The number of fused-ring (bicyclic) bond motifs is 3. The summed E-state index contributed by atoms with van der Waals surface area (Å²) in [6.45, 7) is 5.90. The molecule has 3 aromatic carbocycles. The predicted octanol–water partition coefficient (Wildman–Crippen LogP) is 6.89. The van der Waals surface area contributed by atoms with E-state index in [1.807, 2.05) is 32.0 Å². The third-order valence-corrected chi connectivity index (χ3v) is 8.49. The summed E-state index contributed by atoms with van der Waals surface area (Å²) in [4.78, 5) is 1.73. The summed E-state index contributed by atoms with van der Waals surface area (Å²) in [6, 6.07) is 14.4. The van der Waals surface area contributed by atoms with Crippen LogP contribution in [0, 0.1) is 18.6 Å². The molecule has 218 valence electrons. The van der Waals surface area contributed by atoms with E-state index in [0.29, 0.717) is 17.8 Å². The van der Waals surface area contributed by atoms with Crippen molar-refractivity contribution in [3.05, 3.63) is 94.7 Å². The van der Waals surface area contributed by atoms with Crippen LogP contribution in [0.1, 0.15) is 49.3 Å². The van der Waals surface area contributed by atoms with Crippen LogP contribution >= 0.6 is 0 Å². The number of hydrogen-bond donors (Lipinski definition) is 0. The van der Waals surface area contributed by atoms with Crippen molar-refractivity contribution in [2.75, 3.05) is 19.8 Å². The Morgan fingerprint density at radius 3 is 2.34 bits per heavy atom. The van der Waals surface area contributed by atoms with E-state index in [1.165, 1.54) is 26.0 Å². The molecule has 0 saturated heterocycles. The van der Waals surface area contributed by atoms with E-state index in [0.717, 1.165) is 28.6 Å². The number of para-hydroxylation sites is 1. The average molecular weight is 588 g/mol. The van der Waals surface area contributed by atoms with Gasteiger partial charge in [-0.3, -0.25) is 9.08 Å². The predicted molar refractivity (Wildman–Crippen MR) is 149 cm³/mol. The molecule has 0 spiro atoms. The van der Waals surface area contributed by atoms with Crippen molar-refractivity contribution in [1.29, 1.82) is 0 Å². The highest BCUT2D eigenvalue weighted by atomic mass is 32.2. The van der Waals surface area contributed by atoms with Crippen LogP contribution in [-0.4, -0.2) is 44.8 Å². The van der Waals surface area contributed by atoms with Gasteiger partial charge in [-0.15, -0.1) is 0 Å². The molecule has 1 aliphatic rings. The monoisotopic (exact) mass is 587 g/mol. The number of halogens is 3. The second kappa shape index (κ2) is 11.2. The second-order valence-electron chi connectivity index (χ2n) is 11.0. The number of hydrogen-bond acceptors (Lipinski definition) is 6. The molecule has 0 N–H and O–H groups in total. The van der Waals surface area contributed by atoms with Crippen LogP contribution in [0.5, 0.6) is 5.75 Å². The van der Waals surface area contributed by atoms with Crippen molar-refractivity contribution in [1.82, 2.24) is 4.90 Å². The van der Waals surface area contributed by atoms with Gasteiger partial charge < -0.3 is 9.15 Å². The fourth-order valence-corrected chi connectivity index (χ4v) is 6.22. The van der Waals surface area contributed by atoms with Crippen LogP contribution in [-0.2, 0) is 20.7 Å². The molecule has 6 nitrogen and oxygen atoms in total. The Hall–Kier alpha value is -3.34. The zero-order valence-electron chi connectivity index (χ0n) is 23.3. The Morgan fingerprint density at radius 2 is 1.68 bits per heavy atom. The summed E-state index contributed by atoms with van der Waals surface area (Å²) in [5.41, 5.74) is 0.432. The van der Waals surface area contributed by atoms with Gasteiger partial charge in [-0.2, -0.15) is 8.42 Å². The highest BCUT2D eigenvalue weighted by Gasteiger charge is 2.42. The standard InChI is InChI=1S/C31H32F3NO5S/c1-19-9-11-22(12-10-19)41(36,37)39-14-13-38-21-16-25(32)28(26(33)17-21)29-30-24(23-7-5-6-8-27(23)40-30)15-20(2)35(29)18-31(3,4)34/h5-12,16-17,20,29H,13-15,18H2,1-4H3. The van der Waals surface area contributed by atoms with Gasteiger partial charge in [0.05, 0.1) is 4.90 Å². The molecule has 5 rings (SSSR count). The quantitative estimate of drug-likeness (QED) is 0.157. The van der Waals surface area contributed by atoms with Crippen molar-refractivity contribution in [3.8, 4) is 5.75 Å². The zero-order chi connectivity index (χ0) is 29.5. The number of ether oxygens (including phenoxy) is 1. The average Bonchev–Trinajstić information content (AvgIpc) is 3.25. The lowest BCUT2D eigenvalue weighted by atomic mass is 9.87. The maximum atomic E-state index is 15.7. The minimum absolute atomic E-state index is 0.00257. The minimum atomic E-state index is -4.01. The van der Waals surface area contributed by atoms with E-state index in [-0.39, 0.29) is 42.0 Å². The van der Waals surface area contributed by atoms with Gasteiger partial charge in [-0.05, 0) is 52.3 Å². The van der Waals surface area contributed by atoms with Gasteiger partial charge in [0.25, 0.3) is 10.1 Å². The van der Waals surface area contributed by atoms with Crippen LogP contribution in [0.25, 0.3) is 11.0 Å². The number of nitrogens with zero attached hydrogens (tertiary/aromatic N) is 1. The zero-order valence-corrected chi connectivity index (χ0v) is 24.1. The van der Waals surface area contributed by atoms with E-state index in [1.54, 1.807) is 23.1 Å². The molecule has 0 fully saturated rings. The maximum Gasteiger partial charge on any atom is 0.297 e.